The van der Waals surface area contributed by atoms with Gasteiger partial charge < -0.3 is 11.1 Å². The fourth-order valence-electron chi connectivity index (χ4n) is 3.35. The first-order chi connectivity index (χ1) is 11.5. The first kappa shape index (κ1) is 16.4. The van der Waals surface area contributed by atoms with Crippen LogP contribution in [0.25, 0.3) is 10.8 Å². The van der Waals surface area contributed by atoms with Gasteiger partial charge in [0.1, 0.15) is 0 Å². The SMILES string of the molecule is CC(C)c1ccccc1Nc1ccc2ccc(N)c(C(C)C)c2c1. The number of fused-ring (bicyclic) bond motifs is 1. The van der Waals surface area contributed by atoms with Gasteiger partial charge in [-0.15, -0.1) is 0 Å². The molecule has 0 unspecified atom stereocenters. The Kier molecular flexibility index (Phi) is 4.48. The van der Waals surface area contributed by atoms with Crippen LogP contribution in [0, 0.1) is 0 Å². The van der Waals surface area contributed by atoms with Crippen molar-refractivity contribution in [3.8, 4) is 0 Å². The normalized spacial score (nSPS) is 11.4. The van der Waals surface area contributed by atoms with E-state index in [1.807, 2.05) is 6.07 Å². The van der Waals surface area contributed by atoms with Crippen molar-refractivity contribution in [1.82, 2.24) is 0 Å². The van der Waals surface area contributed by atoms with Crippen molar-refractivity contribution >= 4 is 27.8 Å². The Hall–Kier alpha value is -2.48. The molecule has 0 aliphatic carbocycles. The summed E-state index contributed by atoms with van der Waals surface area (Å²) in [5.74, 6) is 0.878. The van der Waals surface area contributed by atoms with Crippen LogP contribution in [0.1, 0.15) is 50.7 Å². The van der Waals surface area contributed by atoms with Gasteiger partial charge >= 0.3 is 0 Å². The van der Waals surface area contributed by atoms with Crippen LogP contribution < -0.4 is 11.1 Å². The highest BCUT2D eigenvalue weighted by molar-refractivity contribution is 5.93. The van der Waals surface area contributed by atoms with Gasteiger partial charge in [-0.3, -0.25) is 0 Å². The van der Waals surface area contributed by atoms with Crippen molar-refractivity contribution in [1.29, 1.82) is 0 Å². The maximum atomic E-state index is 6.23. The van der Waals surface area contributed by atoms with Gasteiger partial charge in [-0.05, 0) is 58.0 Å². The highest BCUT2D eigenvalue weighted by Gasteiger charge is 2.11. The lowest BCUT2D eigenvalue weighted by molar-refractivity contribution is 0.869. The lowest BCUT2D eigenvalue weighted by Gasteiger charge is -2.17. The van der Waals surface area contributed by atoms with E-state index in [9.17, 15) is 0 Å². The molecule has 3 aromatic carbocycles. The maximum absolute atomic E-state index is 6.23. The van der Waals surface area contributed by atoms with Gasteiger partial charge in [-0.1, -0.05) is 58.0 Å². The first-order valence-corrected chi connectivity index (χ1v) is 8.65. The Labute approximate surface area is 144 Å². The molecule has 24 heavy (non-hydrogen) atoms. The Morgan fingerprint density at radius 2 is 1.54 bits per heavy atom. The Balaban J connectivity index is 2.07. The summed E-state index contributed by atoms with van der Waals surface area (Å²) in [7, 11) is 0. The first-order valence-electron chi connectivity index (χ1n) is 8.65. The van der Waals surface area contributed by atoms with Gasteiger partial charge in [0.25, 0.3) is 0 Å². The molecule has 0 spiro atoms. The molecule has 0 atom stereocenters. The summed E-state index contributed by atoms with van der Waals surface area (Å²) in [5.41, 5.74) is 11.9. The number of rotatable bonds is 4. The van der Waals surface area contributed by atoms with Gasteiger partial charge in [0, 0.05) is 17.1 Å². The number of para-hydroxylation sites is 1. The van der Waals surface area contributed by atoms with Gasteiger partial charge in [0.15, 0.2) is 0 Å². The van der Waals surface area contributed by atoms with Gasteiger partial charge in [0.05, 0.1) is 0 Å². The van der Waals surface area contributed by atoms with Crippen LogP contribution >= 0.6 is 0 Å². The van der Waals surface area contributed by atoms with Crippen LogP contribution in [0.3, 0.4) is 0 Å². The predicted octanol–water partition coefficient (Wildman–Crippen LogP) is 6.41. The standard InChI is InChI=1S/C22H26N2/c1-14(2)18-7-5-6-8-21(18)24-17-11-9-16-10-12-20(23)22(15(3)4)19(16)13-17/h5-15,24H,23H2,1-4H3. The molecule has 0 heterocycles. The smallest absolute Gasteiger partial charge is 0.0419 e. The minimum absolute atomic E-state index is 0.395. The van der Waals surface area contributed by atoms with Crippen LogP contribution in [-0.4, -0.2) is 0 Å². The fraction of sp³-hybridized carbons (Fsp3) is 0.273. The monoisotopic (exact) mass is 318 g/mol. The lowest BCUT2D eigenvalue weighted by Crippen LogP contribution is -2.00. The zero-order valence-electron chi connectivity index (χ0n) is 14.9. The fourth-order valence-corrected chi connectivity index (χ4v) is 3.35. The molecule has 0 aliphatic heterocycles. The second kappa shape index (κ2) is 6.56. The van der Waals surface area contributed by atoms with E-state index in [0.29, 0.717) is 11.8 Å². The Morgan fingerprint density at radius 1 is 0.833 bits per heavy atom. The van der Waals surface area contributed by atoms with Crippen LogP contribution in [-0.2, 0) is 0 Å². The highest BCUT2D eigenvalue weighted by Crippen LogP contribution is 2.34. The summed E-state index contributed by atoms with van der Waals surface area (Å²) in [5, 5.41) is 6.06. The summed E-state index contributed by atoms with van der Waals surface area (Å²) in [6, 6.07) is 19.1. The topological polar surface area (TPSA) is 38.0 Å². The summed E-state index contributed by atoms with van der Waals surface area (Å²) in [6.07, 6.45) is 0. The quantitative estimate of drug-likeness (QED) is 0.545. The molecule has 0 saturated carbocycles. The Bertz CT molecular complexity index is 863. The van der Waals surface area contributed by atoms with E-state index in [0.717, 1.165) is 11.4 Å². The zero-order chi connectivity index (χ0) is 17.3. The van der Waals surface area contributed by atoms with Crippen LogP contribution in [0.2, 0.25) is 0 Å². The summed E-state index contributed by atoms with van der Waals surface area (Å²) in [4.78, 5) is 0. The van der Waals surface area contributed by atoms with E-state index >= 15 is 0 Å². The van der Waals surface area contributed by atoms with Crippen molar-refractivity contribution < 1.29 is 0 Å². The number of hydrogen-bond donors (Lipinski definition) is 2. The average molecular weight is 318 g/mol. The van der Waals surface area contributed by atoms with E-state index in [-0.39, 0.29) is 0 Å². The molecule has 0 radical (unpaired) electrons. The molecular weight excluding hydrogens is 292 g/mol. The molecule has 3 rings (SSSR count). The third-order valence-electron chi connectivity index (χ3n) is 4.54. The molecule has 3 N–H and O–H groups in total. The molecule has 0 amide bonds. The van der Waals surface area contributed by atoms with Crippen LogP contribution in [0.5, 0.6) is 0 Å². The molecular formula is C22H26N2. The van der Waals surface area contributed by atoms with Crippen molar-refractivity contribution in [3.05, 3.63) is 65.7 Å². The van der Waals surface area contributed by atoms with Crippen LogP contribution in [0.4, 0.5) is 17.1 Å². The maximum Gasteiger partial charge on any atom is 0.0419 e. The molecule has 124 valence electrons. The summed E-state index contributed by atoms with van der Waals surface area (Å²) < 4.78 is 0. The number of benzene rings is 3. The third-order valence-corrected chi connectivity index (χ3v) is 4.54. The molecule has 2 heteroatoms. The average Bonchev–Trinajstić information content (AvgIpc) is 2.54. The summed E-state index contributed by atoms with van der Waals surface area (Å²) in [6.45, 7) is 8.83. The van der Waals surface area contributed by atoms with Crippen molar-refractivity contribution in [2.24, 2.45) is 0 Å². The van der Waals surface area contributed by atoms with Crippen molar-refractivity contribution in [3.63, 3.8) is 0 Å². The van der Waals surface area contributed by atoms with E-state index < -0.39 is 0 Å². The van der Waals surface area contributed by atoms with E-state index in [2.05, 4.69) is 81.5 Å². The van der Waals surface area contributed by atoms with Crippen LogP contribution in [0.15, 0.2) is 54.6 Å². The number of nitrogens with one attached hydrogen (secondary N) is 1. The number of hydrogen-bond acceptors (Lipinski definition) is 2. The molecule has 0 aromatic heterocycles. The number of nitrogens with two attached hydrogens (primary N) is 1. The predicted molar refractivity (Wildman–Crippen MR) is 106 cm³/mol. The third kappa shape index (κ3) is 3.09. The minimum atomic E-state index is 0.395. The molecule has 0 bridgehead atoms. The zero-order valence-corrected chi connectivity index (χ0v) is 14.9. The molecule has 0 saturated heterocycles. The minimum Gasteiger partial charge on any atom is -0.398 e. The molecule has 0 aliphatic rings. The second-order valence-corrected chi connectivity index (χ2v) is 7.03. The largest absolute Gasteiger partial charge is 0.398 e. The van der Waals surface area contributed by atoms with E-state index in [1.165, 1.54) is 27.6 Å². The van der Waals surface area contributed by atoms with E-state index in [1.54, 1.807) is 0 Å². The summed E-state index contributed by atoms with van der Waals surface area (Å²) >= 11 is 0. The molecule has 0 fully saturated rings. The number of nitrogen functional groups attached to an aromatic ring is 1. The second-order valence-electron chi connectivity index (χ2n) is 7.03. The van der Waals surface area contributed by atoms with Crippen molar-refractivity contribution in [2.75, 3.05) is 11.1 Å². The van der Waals surface area contributed by atoms with Crippen molar-refractivity contribution in [2.45, 2.75) is 39.5 Å². The van der Waals surface area contributed by atoms with Gasteiger partial charge in [-0.25, -0.2) is 0 Å². The van der Waals surface area contributed by atoms with Gasteiger partial charge in [0.2, 0.25) is 0 Å². The number of anilines is 3. The molecule has 3 aromatic rings. The Morgan fingerprint density at radius 3 is 2.25 bits per heavy atom. The van der Waals surface area contributed by atoms with E-state index in [4.69, 9.17) is 5.73 Å². The molecule has 2 nitrogen and oxygen atoms in total. The lowest BCUT2D eigenvalue weighted by atomic mass is 9.94. The van der Waals surface area contributed by atoms with Gasteiger partial charge in [-0.2, -0.15) is 0 Å². The highest BCUT2D eigenvalue weighted by atomic mass is 14.9.